The van der Waals surface area contributed by atoms with E-state index in [0.717, 1.165) is 12.1 Å². The van der Waals surface area contributed by atoms with Crippen molar-refractivity contribution in [1.29, 1.82) is 5.26 Å². The molecule has 0 aliphatic carbocycles. The maximum absolute atomic E-state index is 12.5. The van der Waals surface area contributed by atoms with Gasteiger partial charge in [-0.05, 0) is 29.8 Å². The second kappa shape index (κ2) is 7.62. The summed E-state index contributed by atoms with van der Waals surface area (Å²) in [5.74, 6) is -0.751. The molecule has 1 N–H and O–H groups in total. The minimum Gasteiger partial charge on any atom is -0.348 e. The number of hydrogen-bond donors (Lipinski definition) is 1. The summed E-state index contributed by atoms with van der Waals surface area (Å²) in [6.45, 7) is 0.0755. The molecule has 0 aliphatic heterocycles. The smallest absolute Gasteiger partial charge is 0.348 e. The summed E-state index contributed by atoms with van der Waals surface area (Å²) in [6, 6.07) is 12.1. The summed E-state index contributed by atoms with van der Waals surface area (Å²) < 4.78 is 37.4. The normalized spacial score (nSPS) is 10.8. The molecule has 0 fully saturated rings. The highest BCUT2D eigenvalue weighted by atomic mass is 19.4. The molecule has 0 heterocycles. The summed E-state index contributed by atoms with van der Waals surface area (Å²) in [7, 11) is 0. The van der Waals surface area contributed by atoms with Crippen molar-refractivity contribution in [3.05, 3.63) is 70.8 Å². The Labute approximate surface area is 141 Å². The lowest BCUT2D eigenvalue weighted by Crippen LogP contribution is -2.22. The van der Waals surface area contributed by atoms with Crippen molar-refractivity contribution in [2.24, 2.45) is 0 Å². The van der Waals surface area contributed by atoms with Crippen LogP contribution < -0.4 is 5.32 Å². The van der Waals surface area contributed by atoms with Gasteiger partial charge in [-0.3, -0.25) is 9.59 Å². The molecule has 0 saturated carbocycles. The van der Waals surface area contributed by atoms with E-state index in [9.17, 15) is 22.8 Å². The van der Waals surface area contributed by atoms with E-state index in [0.29, 0.717) is 16.7 Å². The fraction of sp³-hybridized carbons (Fsp3) is 0.167. The van der Waals surface area contributed by atoms with Crippen LogP contribution in [0.4, 0.5) is 13.2 Å². The first-order valence-corrected chi connectivity index (χ1v) is 7.26. The largest absolute Gasteiger partial charge is 0.416 e. The van der Waals surface area contributed by atoms with Gasteiger partial charge in [0.05, 0.1) is 18.1 Å². The molecule has 0 bridgehead atoms. The van der Waals surface area contributed by atoms with Gasteiger partial charge in [-0.2, -0.15) is 18.4 Å². The highest BCUT2D eigenvalue weighted by Crippen LogP contribution is 2.29. The maximum atomic E-state index is 12.5. The summed E-state index contributed by atoms with van der Waals surface area (Å²) in [5, 5.41) is 11.1. The highest BCUT2D eigenvalue weighted by Gasteiger charge is 2.29. The van der Waals surface area contributed by atoms with E-state index in [1.165, 1.54) is 36.4 Å². The van der Waals surface area contributed by atoms with Crippen LogP contribution in [-0.4, -0.2) is 11.7 Å². The number of carbonyl (C=O) groups is 2. The molecule has 7 heteroatoms. The van der Waals surface area contributed by atoms with E-state index in [-0.39, 0.29) is 18.7 Å². The standard InChI is InChI=1S/C18H13F3N2O2/c19-18(20,21)15-7-1-12(2-8-15)11-23-17(25)14-5-3-13(4-6-14)16(24)9-10-22/h1-8H,9,11H2,(H,23,25). The van der Waals surface area contributed by atoms with Crippen LogP contribution in [0.5, 0.6) is 0 Å². The molecule has 2 aromatic rings. The maximum Gasteiger partial charge on any atom is 0.416 e. The fourth-order valence-corrected chi connectivity index (χ4v) is 2.08. The van der Waals surface area contributed by atoms with Gasteiger partial charge in [-0.25, -0.2) is 0 Å². The number of carbonyl (C=O) groups excluding carboxylic acids is 2. The molecular formula is C18H13F3N2O2. The summed E-state index contributed by atoms with van der Waals surface area (Å²) >= 11 is 0. The zero-order chi connectivity index (χ0) is 18.4. The van der Waals surface area contributed by atoms with Crippen molar-refractivity contribution in [2.45, 2.75) is 19.1 Å². The minimum absolute atomic E-state index is 0.0755. The second-order valence-corrected chi connectivity index (χ2v) is 5.21. The summed E-state index contributed by atoms with van der Waals surface area (Å²) in [4.78, 5) is 23.6. The van der Waals surface area contributed by atoms with Crippen molar-refractivity contribution >= 4 is 11.7 Å². The van der Waals surface area contributed by atoms with E-state index >= 15 is 0 Å². The third kappa shape index (κ3) is 4.91. The molecule has 1 amide bonds. The van der Waals surface area contributed by atoms with Crippen molar-refractivity contribution in [3.63, 3.8) is 0 Å². The lowest BCUT2D eigenvalue weighted by Gasteiger charge is -2.09. The SMILES string of the molecule is N#CCC(=O)c1ccc(C(=O)NCc2ccc(C(F)(F)F)cc2)cc1. The van der Waals surface area contributed by atoms with Gasteiger partial charge in [0, 0.05) is 17.7 Å². The fourth-order valence-electron chi connectivity index (χ4n) is 2.08. The Morgan fingerprint density at radius 2 is 1.52 bits per heavy atom. The molecule has 0 spiro atoms. The lowest BCUT2D eigenvalue weighted by molar-refractivity contribution is -0.137. The van der Waals surface area contributed by atoms with Crippen molar-refractivity contribution in [3.8, 4) is 6.07 Å². The molecule has 128 valence electrons. The van der Waals surface area contributed by atoms with Gasteiger partial charge in [-0.1, -0.05) is 24.3 Å². The van der Waals surface area contributed by atoms with Crippen LogP contribution in [0.25, 0.3) is 0 Å². The zero-order valence-electron chi connectivity index (χ0n) is 12.9. The minimum atomic E-state index is -4.40. The number of amides is 1. The predicted octanol–water partition coefficient (Wildman–Crippen LogP) is 3.73. The number of benzene rings is 2. The van der Waals surface area contributed by atoms with Gasteiger partial charge in [0.1, 0.15) is 0 Å². The number of halogens is 3. The molecule has 0 atom stereocenters. The average molecular weight is 346 g/mol. The first kappa shape index (κ1) is 18.2. The van der Waals surface area contributed by atoms with Crippen LogP contribution in [0.15, 0.2) is 48.5 Å². The summed E-state index contributed by atoms with van der Waals surface area (Å²) in [6.07, 6.45) is -4.63. The third-order valence-electron chi connectivity index (χ3n) is 3.44. The number of nitriles is 1. The molecular weight excluding hydrogens is 333 g/mol. The molecule has 0 radical (unpaired) electrons. The Morgan fingerprint density at radius 3 is 2.04 bits per heavy atom. The molecule has 0 unspecified atom stereocenters. The van der Waals surface area contributed by atoms with Crippen molar-refractivity contribution in [1.82, 2.24) is 5.32 Å². The Bertz CT molecular complexity index is 804. The van der Waals surface area contributed by atoms with E-state index in [4.69, 9.17) is 5.26 Å². The Kier molecular flexibility index (Phi) is 5.55. The molecule has 0 saturated heterocycles. The second-order valence-electron chi connectivity index (χ2n) is 5.21. The number of nitrogens with zero attached hydrogens (tertiary/aromatic N) is 1. The molecule has 0 aliphatic rings. The first-order chi connectivity index (χ1) is 11.8. The number of hydrogen-bond acceptors (Lipinski definition) is 3. The van der Waals surface area contributed by atoms with E-state index < -0.39 is 17.6 Å². The van der Waals surface area contributed by atoms with E-state index in [1.54, 1.807) is 6.07 Å². The van der Waals surface area contributed by atoms with Crippen LogP contribution in [0.1, 0.15) is 38.3 Å². The van der Waals surface area contributed by atoms with Gasteiger partial charge in [-0.15, -0.1) is 0 Å². The Hall–Kier alpha value is -3.14. The molecule has 2 rings (SSSR count). The molecule has 0 aromatic heterocycles. The Balaban J connectivity index is 1.96. The average Bonchev–Trinajstić information content (AvgIpc) is 2.59. The van der Waals surface area contributed by atoms with Gasteiger partial charge in [0.25, 0.3) is 5.91 Å². The number of alkyl halides is 3. The topological polar surface area (TPSA) is 70.0 Å². The molecule has 4 nitrogen and oxygen atoms in total. The zero-order valence-corrected chi connectivity index (χ0v) is 12.9. The number of Topliss-reactive ketones (excluding diaryl/α,β-unsaturated/α-hetero) is 1. The van der Waals surface area contributed by atoms with Crippen LogP contribution in [0.3, 0.4) is 0 Å². The molecule has 2 aromatic carbocycles. The van der Waals surface area contributed by atoms with Gasteiger partial charge >= 0.3 is 6.18 Å². The monoisotopic (exact) mass is 346 g/mol. The van der Waals surface area contributed by atoms with Crippen LogP contribution in [0.2, 0.25) is 0 Å². The lowest BCUT2D eigenvalue weighted by atomic mass is 10.1. The predicted molar refractivity (Wildman–Crippen MR) is 83.6 cm³/mol. The highest BCUT2D eigenvalue weighted by molar-refractivity contribution is 5.99. The Morgan fingerprint density at radius 1 is 0.960 bits per heavy atom. The van der Waals surface area contributed by atoms with Crippen LogP contribution in [0, 0.1) is 11.3 Å². The van der Waals surface area contributed by atoms with Crippen LogP contribution in [-0.2, 0) is 12.7 Å². The number of nitrogens with one attached hydrogen (secondary N) is 1. The van der Waals surface area contributed by atoms with Gasteiger partial charge < -0.3 is 5.32 Å². The van der Waals surface area contributed by atoms with Gasteiger partial charge in [0.2, 0.25) is 0 Å². The molecule has 25 heavy (non-hydrogen) atoms. The van der Waals surface area contributed by atoms with Gasteiger partial charge in [0.15, 0.2) is 5.78 Å². The first-order valence-electron chi connectivity index (χ1n) is 7.26. The third-order valence-corrected chi connectivity index (χ3v) is 3.44. The van der Waals surface area contributed by atoms with E-state index in [1.807, 2.05) is 0 Å². The van der Waals surface area contributed by atoms with E-state index in [2.05, 4.69) is 5.32 Å². The summed E-state index contributed by atoms with van der Waals surface area (Å²) in [5.41, 5.74) is 0.420. The van der Waals surface area contributed by atoms with Crippen molar-refractivity contribution < 1.29 is 22.8 Å². The van der Waals surface area contributed by atoms with Crippen LogP contribution >= 0.6 is 0 Å². The quantitative estimate of drug-likeness (QED) is 0.839. The number of ketones is 1. The number of rotatable bonds is 5. The van der Waals surface area contributed by atoms with Crippen molar-refractivity contribution in [2.75, 3.05) is 0 Å².